The smallest absolute Gasteiger partial charge is 0.238 e. The van der Waals surface area contributed by atoms with Crippen molar-refractivity contribution in [3.05, 3.63) is 23.2 Å². The minimum atomic E-state index is -0.0226. The molecule has 20 heavy (non-hydrogen) atoms. The van der Waals surface area contributed by atoms with Crippen molar-refractivity contribution in [2.24, 2.45) is 0 Å². The van der Waals surface area contributed by atoms with Crippen LogP contribution in [-0.2, 0) is 4.79 Å². The Morgan fingerprint density at radius 2 is 2.05 bits per heavy atom. The number of hydrogen-bond acceptors (Lipinski definition) is 3. The van der Waals surface area contributed by atoms with E-state index in [9.17, 15) is 4.79 Å². The summed E-state index contributed by atoms with van der Waals surface area (Å²) in [6, 6.07) is 6.06. The van der Waals surface area contributed by atoms with Gasteiger partial charge in [-0.25, -0.2) is 0 Å². The standard InChI is InChI=1S/C15H22ClN3O/c1-19(2)14-8-7-12(9-13(14)16)18-15(20)10-17-11-5-3-4-6-11/h7-9,11,17H,3-6,10H2,1-2H3,(H,18,20). The average Bonchev–Trinajstić information content (AvgIpc) is 2.89. The fraction of sp³-hybridized carbons (Fsp3) is 0.533. The van der Waals surface area contributed by atoms with Crippen LogP contribution in [0.4, 0.5) is 11.4 Å². The van der Waals surface area contributed by atoms with Gasteiger partial charge in [0.15, 0.2) is 0 Å². The Morgan fingerprint density at radius 3 is 2.65 bits per heavy atom. The maximum absolute atomic E-state index is 11.9. The molecule has 110 valence electrons. The molecule has 0 heterocycles. The van der Waals surface area contributed by atoms with Crippen molar-refractivity contribution in [2.45, 2.75) is 31.7 Å². The molecule has 0 bridgehead atoms. The fourth-order valence-corrected chi connectivity index (χ4v) is 2.87. The first-order valence-electron chi connectivity index (χ1n) is 7.06. The van der Waals surface area contributed by atoms with Gasteiger partial charge in [0, 0.05) is 25.8 Å². The number of anilines is 2. The van der Waals surface area contributed by atoms with Gasteiger partial charge >= 0.3 is 0 Å². The number of carbonyl (C=O) groups excluding carboxylic acids is 1. The monoisotopic (exact) mass is 295 g/mol. The first-order chi connectivity index (χ1) is 9.56. The van der Waals surface area contributed by atoms with Gasteiger partial charge in [0.2, 0.25) is 5.91 Å². The molecular formula is C15H22ClN3O. The zero-order chi connectivity index (χ0) is 14.5. The summed E-state index contributed by atoms with van der Waals surface area (Å²) in [4.78, 5) is 13.8. The first kappa shape index (κ1) is 15.1. The van der Waals surface area contributed by atoms with E-state index in [1.54, 1.807) is 6.07 Å². The zero-order valence-corrected chi connectivity index (χ0v) is 12.8. The Morgan fingerprint density at radius 1 is 1.35 bits per heavy atom. The van der Waals surface area contributed by atoms with E-state index in [0.29, 0.717) is 17.6 Å². The molecule has 4 nitrogen and oxygen atoms in total. The second-order valence-electron chi connectivity index (χ2n) is 5.47. The molecule has 1 amide bonds. The van der Waals surface area contributed by atoms with Gasteiger partial charge in [-0.1, -0.05) is 24.4 Å². The van der Waals surface area contributed by atoms with Crippen molar-refractivity contribution in [2.75, 3.05) is 30.9 Å². The van der Waals surface area contributed by atoms with Gasteiger partial charge in [0.1, 0.15) is 0 Å². The maximum atomic E-state index is 11.9. The summed E-state index contributed by atoms with van der Waals surface area (Å²) in [6.45, 7) is 0.359. The lowest BCUT2D eigenvalue weighted by molar-refractivity contribution is -0.115. The van der Waals surface area contributed by atoms with Crippen LogP contribution in [0, 0.1) is 0 Å². The molecule has 0 spiro atoms. The second-order valence-corrected chi connectivity index (χ2v) is 5.88. The Kier molecular flexibility index (Phi) is 5.26. The molecule has 0 aromatic heterocycles. The number of nitrogens with one attached hydrogen (secondary N) is 2. The molecule has 0 unspecified atom stereocenters. The molecule has 0 radical (unpaired) electrons. The molecule has 1 saturated carbocycles. The Bertz CT molecular complexity index is 470. The molecule has 0 saturated heterocycles. The van der Waals surface area contributed by atoms with E-state index in [1.807, 2.05) is 31.1 Å². The highest BCUT2D eigenvalue weighted by Gasteiger charge is 2.15. The second kappa shape index (κ2) is 6.95. The fourth-order valence-electron chi connectivity index (χ4n) is 2.52. The molecule has 1 fully saturated rings. The summed E-state index contributed by atoms with van der Waals surface area (Å²) in [6.07, 6.45) is 4.88. The van der Waals surface area contributed by atoms with Crippen molar-refractivity contribution in [3.8, 4) is 0 Å². The van der Waals surface area contributed by atoms with E-state index >= 15 is 0 Å². The van der Waals surface area contributed by atoms with Crippen LogP contribution in [0.1, 0.15) is 25.7 Å². The summed E-state index contributed by atoms with van der Waals surface area (Å²) in [5, 5.41) is 6.80. The lowest BCUT2D eigenvalue weighted by atomic mass is 10.2. The molecule has 2 rings (SSSR count). The van der Waals surface area contributed by atoms with Gasteiger partial charge in [-0.05, 0) is 31.0 Å². The molecule has 1 aromatic carbocycles. The summed E-state index contributed by atoms with van der Waals surface area (Å²) < 4.78 is 0. The van der Waals surface area contributed by atoms with Gasteiger partial charge < -0.3 is 15.5 Å². The van der Waals surface area contributed by atoms with Gasteiger partial charge in [-0.3, -0.25) is 4.79 Å². The molecule has 0 aliphatic heterocycles. The summed E-state index contributed by atoms with van der Waals surface area (Å²) in [5.41, 5.74) is 1.67. The Hall–Kier alpha value is -1.26. The van der Waals surface area contributed by atoms with E-state index in [1.165, 1.54) is 25.7 Å². The minimum absolute atomic E-state index is 0.0226. The zero-order valence-electron chi connectivity index (χ0n) is 12.1. The van der Waals surface area contributed by atoms with Crippen LogP contribution in [0.5, 0.6) is 0 Å². The van der Waals surface area contributed by atoms with Crippen LogP contribution in [0.15, 0.2) is 18.2 Å². The third kappa shape index (κ3) is 4.12. The molecular weight excluding hydrogens is 274 g/mol. The van der Waals surface area contributed by atoms with Crippen LogP contribution in [0.2, 0.25) is 5.02 Å². The van der Waals surface area contributed by atoms with Crippen LogP contribution >= 0.6 is 11.6 Å². The van der Waals surface area contributed by atoms with E-state index in [-0.39, 0.29) is 5.91 Å². The topological polar surface area (TPSA) is 44.4 Å². The molecule has 1 aromatic rings. The van der Waals surface area contributed by atoms with Crippen molar-refractivity contribution in [3.63, 3.8) is 0 Å². The maximum Gasteiger partial charge on any atom is 0.238 e. The van der Waals surface area contributed by atoms with Crippen molar-refractivity contribution in [1.82, 2.24) is 5.32 Å². The van der Waals surface area contributed by atoms with Gasteiger partial charge in [0.25, 0.3) is 0 Å². The van der Waals surface area contributed by atoms with Crippen LogP contribution < -0.4 is 15.5 Å². The SMILES string of the molecule is CN(C)c1ccc(NC(=O)CNC2CCCC2)cc1Cl. The van der Waals surface area contributed by atoms with Gasteiger partial charge in [-0.2, -0.15) is 0 Å². The summed E-state index contributed by atoms with van der Waals surface area (Å²) in [5.74, 6) is -0.0226. The Balaban J connectivity index is 1.85. The number of carbonyl (C=O) groups is 1. The third-order valence-corrected chi connectivity index (χ3v) is 3.92. The number of hydrogen-bond donors (Lipinski definition) is 2. The van der Waals surface area contributed by atoms with Crippen molar-refractivity contribution >= 4 is 28.9 Å². The number of rotatable bonds is 5. The van der Waals surface area contributed by atoms with Crippen molar-refractivity contribution < 1.29 is 4.79 Å². The normalized spacial score (nSPS) is 15.3. The number of amides is 1. The highest BCUT2D eigenvalue weighted by molar-refractivity contribution is 6.33. The van der Waals surface area contributed by atoms with E-state index in [2.05, 4.69) is 10.6 Å². The predicted molar refractivity (Wildman–Crippen MR) is 84.7 cm³/mol. The molecule has 1 aliphatic carbocycles. The van der Waals surface area contributed by atoms with Crippen LogP contribution in [0.3, 0.4) is 0 Å². The van der Waals surface area contributed by atoms with Crippen LogP contribution in [-0.4, -0.2) is 32.6 Å². The lowest BCUT2D eigenvalue weighted by Gasteiger charge is -2.16. The van der Waals surface area contributed by atoms with E-state index in [0.717, 1.165) is 11.4 Å². The number of nitrogens with zero attached hydrogens (tertiary/aromatic N) is 1. The highest BCUT2D eigenvalue weighted by Crippen LogP contribution is 2.27. The minimum Gasteiger partial charge on any atom is -0.376 e. The van der Waals surface area contributed by atoms with E-state index in [4.69, 9.17) is 11.6 Å². The predicted octanol–water partition coefficient (Wildman–Crippen LogP) is 2.88. The van der Waals surface area contributed by atoms with Gasteiger partial charge in [0.05, 0.1) is 17.3 Å². The molecule has 2 N–H and O–H groups in total. The lowest BCUT2D eigenvalue weighted by Crippen LogP contribution is -2.34. The quantitative estimate of drug-likeness (QED) is 0.878. The summed E-state index contributed by atoms with van der Waals surface area (Å²) in [7, 11) is 3.87. The molecule has 0 atom stereocenters. The average molecular weight is 296 g/mol. The number of halogens is 1. The van der Waals surface area contributed by atoms with Gasteiger partial charge in [-0.15, -0.1) is 0 Å². The highest BCUT2D eigenvalue weighted by atomic mass is 35.5. The van der Waals surface area contributed by atoms with Crippen molar-refractivity contribution in [1.29, 1.82) is 0 Å². The molecule has 1 aliphatic rings. The largest absolute Gasteiger partial charge is 0.376 e. The van der Waals surface area contributed by atoms with E-state index < -0.39 is 0 Å². The Labute approximate surface area is 125 Å². The third-order valence-electron chi connectivity index (χ3n) is 3.62. The first-order valence-corrected chi connectivity index (χ1v) is 7.44. The summed E-state index contributed by atoms with van der Waals surface area (Å²) >= 11 is 6.18. The number of benzene rings is 1. The molecule has 5 heteroatoms. The van der Waals surface area contributed by atoms with Crippen LogP contribution in [0.25, 0.3) is 0 Å².